The zero-order chi connectivity index (χ0) is 35.8. The van der Waals surface area contributed by atoms with E-state index in [1.54, 1.807) is 42.5 Å². The van der Waals surface area contributed by atoms with Crippen LogP contribution >= 0.6 is 11.6 Å². The number of nitro groups is 1. The molecule has 4 aromatic rings. The normalized spacial score (nSPS) is 26.8. The van der Waals surface area contributed by atoms with E-state index in [2.05, 4.69) is 5.43 Å². The van der Waals surface area contributed by atoms with Gasteiger partial charge in [0.15, 0.2) is 0 Å². The van der Waals surface area contributed by atoms with Gasteiger partial charge in [0.2, 0.25) is 11.8 Å². The minimum Gasteiger partial charge on any atom is -0.508 e. The number of carbonyl (C=O) groups excluding carboxylic acids is 4. The Labute approximate surface area is 295 Å². The second kappa shape index (κ2) is 11.9. The Hall–Kier alpha value is -5.88. The number of imide groups is 2. The third-order valence-electron chi connectivity index (χ3n) is 10.8. The largest absolute Gasteiger partial charge is 0.508 e. The van der Waals surface area contributed by atoms with Gasteiger partial charge in [0.25, 0.3) is 17.5 Å². The van der Waals surface area contributed by atoms with Crippen LogP contribution in [-0.2, 0) is 24.6 Å². The average molecular weight is 707 g/mol. The topological polar surface area (TPSA) is 150 Å². The number of allylic oxidation sites excluding steroid dienone is 2. The van der Waals surface area contributed by atoms with E-state index in [9.17, 15) is 34.0 Å². The number of halogens is 2. The molecule has 0 bridgehead atoms. The van der Waals surface area contributed by atoms with Crippen molar-refractivity contribution in [3.63, 3.8) is 0 Å². The number of phenols is 1. The third-order valence-corrected chi connectivity index (χ3v) is 11.1. The number of nitro benzene ring substituents is 1. The van der Waals surface area contributed by atoms with Crippen molar-refractivity contribution in [1.82, 2.24) is 5.01 Å². The van der Waals surface area contributed by atoms with Crippen LogP contribution in [-0.4, -0.2) is 38.7 Å². The van der Waals surface area contributed by atoms with E-state index in [0.29, 0.717) is 21.7 Å². The number of hydrazine groups is 1. The number of carbonyl (C=O) groups is 4. The monoisotopic (exact) mass is 706 g/mol. The number of para-hydroxylation sites is 1. The molecule has 256 valence electrons. The van der Waals surface area contributed by atoms with E-state index in [1.165, 1.54) is 54.6 Å². The Balaban J connectivity index is 1.31. The van der Waals surface area contributed by atoms with Crippen molar-refractivity contribution in [2.75, 3.05) is 10.3 Å². The van der Waals surface area contributed by atoms with Crippen LogP contribution < -0.4 is 10.3 Å². The summed E-state index contributed by atoms with van der Waals surface area (Å²) in [5.41, 5.74) is 2.73. The molecule has 13 heteroatoms. The van der Waals surface area contributed by atoms with E-state index in [-0.39, 0.29) is 35.7 Å². The molecule has 0 aromatic heterocycles. The maximum atomic E-state index is 15.1. The summed E-state index contributed by atoms with van der Waals surface area (Å²) < 4.78 is 13.8. The minimum absolute atomic E-state index is 0.00626. The molecule has 1 saturated carbocycles. The molecule has 6 atom stereocenters. The SMILES string of the molecule is O=C1C2CC3C(=CCC4C(=O)N(c5cccc([N+](=O)[O-])c5)C(=O)C43)C(c3ccccc3O)C2(c2ccc(Cl)cc2)C(=O)N1Nc1ccc(F)cc1. The molecule has 2 saturated heterocycles. The van der Waals surface area contributed by atoms with Crippen molar-refractivity contribution in [2.24, 2.45) is 23.7 Å². The standard InChI is InChI=1S/C38H28ClFN4O7/c39-21-10-8-20(9-11-21)38-30(35(47)43(37(38)49)41-23-14-12-22(40)13-15-23)19-29-26(33(38)27-6-1-2-7-31(27)45)16-17-28-32(29)36(48)42(34(28)46)24-4-3-5-25(18-24)44(50)51/h1-16,18,28-30,32-33,41,45H,17,19H2. The highest BCUT2D eigenvalue weighted by Crippen LogP contribution is 2.65. The number of non-ortho nitro benzene ring substituents is 1. The average Bonchev–Trinajstić information content (AvgIpc) is 3.50. The molecule has 0 radical (unpaired) electrons. The molecule has 8 rings (SSSR count). The number of fused-ring (bicyclic) bond motifs is 4. The molecule has 4 aromatic carbocycles. The molecule has 2 aliphatic heterocycles. The molecule has 0 spiro atoms. The molecule has 6 unspecified atom stereocenters. The predicted octanol–water partition coefficient (Wildman–Crippen LogP) is 6.28. The van der Waals surface area contributed by atoms with Crippen molar-refractivity contribution in [3.05, 3.63) is 141 Å². The molecular weight excluding hydrogens is 679 g/mol. The van der Waals surface area contributed by atoms with Gasteiger partial charge in [0.05, 0.1) is 39.5 Å². The fourth-order valence-corrected chi connectivity index (χ4v) is 8.86. The number of phenolic OH excluding ortho intramolecular Hbond substituents is 1. The van der Waals surface area contributed by atoms with Crippen LogP contribution in [0.4, 0.5) is 21.5 Å². The summed E-state index contributed by atoms with van der Waals surface area (Å²) in [7, 11) is 0. The number of hydrogen-bond acceptors (Lipinski definition) is 8. The maximum absolute atomic E-state index is 15.1. The maximum Gasteiger partial charge on any atom is 0.271 e. The molecule has 2 aliphatic carbocycles. The fourth-order valence-electron chi connectivity index (χ4n) is 8.73. The molecule has 4 amide bonds. The van der Waals surface area contributed by atoms with Crippen LogP contribution in [0.25, 0.3) is 0 Å². The highest BCUT2D eigenvalue weighted by molar-refractivity contribution is 6.30. The second-order valence-electron chi connectivity index (χ2n) is 13.2. The van der Waals surface area contributed by atoms with Crippen molar-refractivity contribution >= 4 is 52.3 Å². The number of nitrogens with one attached hydrogen (secondary N) is 1. The zero-order valence-corrected chi connectivity index (χ0v) is 27.4. The van der Waals surface area contributed by atoms with Gasteiger partial charge in [-0.1, -0.05) is 59.6 Å². The lowest BCUT2D eigenvalue weighted by Gasteiger charge is -2.50. The van der Waals surface area contributed by atoms with Gasteiger partial charge < -0.3 is 5.11 Å². The molecule has 3 fully saturated rings. The first kappa shape index (κ1) is 32.3. The minimum atomic E-state index is -1.64. The molecular formula is C38H28ClFN4O7. The van der Waals surface area contributed by atoms with Gasteiger partial charge in [0.1, 0.15) is 11.6 Å². The number of aromatic hydroxyl groups is 1. The Kier molecular flexibility index (Phi) is 7.53. The summed E-state index contributed by atoms with van der Waals surface area (Å²) in [5, 5.41) is 24.3. The van der Waals surface area contributed by atoms with Crippen LogP contribution in [0.5, 0.6) is 5.75 Å². The second-order valence-corrected chi connectivity index (χ2v) is 13.7. The summed E-state index contributed by atoms with van der Waals surface area (Å²) in [5.74, 6) is -7.50. The van der Waals surface area contributed by atoms with Gasteiger partial charge in [0, 0.05) is 28.6 Å². The first-order valence-corrected chi connectivity index (χ1v) is 16.7. The van der Waals surface area contributed by atoms with Crippen LogP contribution in [0.15, 0.2) is 109 Å². The number of anilines is 2. The lowest BCUT2D eigenvalue weighted by molar-refractivity contribution is -0.384. The predicted molar refractivity (Wildman–Crippen MR) is 183 cm³/mol. The van der Waals surface area contributed by atoms with E-state index in [4.69, 9.17) is 11.6 Å². The van der Waals surface area contributed by atoms with Crippen molar-refractivity contribution in [2.45, 2.75) is 24.2 Å². The Morgan fingerprint density at radius 3 is 2.31 bits per heavy atom. The number of benzene rings is 4. The number of rotatable bonds is 6. The zero-order valence-electron chi connectivity index (χ0n) is 26.6. The fraction of sp³-hybridized carbons (Fsp3) is 0.211. The Bertz CT molecular complexity index is 2190. The van der Waals surface area contributed by atoms with E-state index >= 15 is 4.79 Å². The van der Waals surface area contributed by atoms with Gasteiger partial charge in [-0.3, -0.25) is 34.7 Å². The number of hydrogen-bond donors (Lipinski definition) is 2. The van der Waals surface area contributed by atoms with Crippen LogP contribution in [0, 0.1) is 39.6 Å². The van der Waals surface area contributed by atoms with Crippen LogP contribution in [0.1, 0.15) is 29.9 Å². The van der Waals surface area contributed by atoms with Gasteiger partial charge >= 0.3 is 0 Å². The quantitative estimate of drug-likeness (QED) is 0.103. The van der Waals surface area contributed by atoms with Gasteiger partial charge in [-0.25, -0.2) is 9.29 Å². The number of nitrogens with zero attached hydrogens (tertiary/aromatic N) is 3. The van der Waals surface area contributed by atoms with Crippen molar-refractivity contribution in [3.8, 4) is 5.75 Å². The summed E-state index contributed by atoms with van der Waals surface area (Å²) in [4.78, 5) is 70.0. The highest BCUT2D eigenvalue weighted by atomic mass is 35.5. The lowest BCUT2D eigenvalue weighted by atomic mass is 9.49. The summed E-state index contributed by atoms with van der Waals surface area (Å²) in [6.45, 7) is 0. The van der Waals surface area contributed by atoms with Gasteiger partial charge in [-0.05, 0) is 72.9 Å². The molecule has 51 heavy (non-hydrogen) atoms. The molecule has 11 nitrogen and oxygen atoms in total. The van der Waals surface area contributed by atoms with Gasteiger partial charge in [-0.15, -0.1) is 0 Å². The van der Waals surface area contributed by atoms with E-state index in [0.717, 1.165) is 9.91 Å². The van der Waals surface area contributed by atoms with Crippen molar-refractivity contribution in [1.29, 1.82) is 0 Å². The first-order chi connectivity index (χ1) is 24.5. The lowest BCUT2D eigenvalue weighted by Crippen LogP contribution is -2.53. The summed E-state index contributed by atoms with van der Waals surface area (Å²) in [6, 6.07) is 23.6. The van der Waals surface area contributed by atoms with E-state index < -0.39 is 69.4 Å². The first-order valence-electron chi connectivity index (χ1n) is 16.3. The Morgan fingerprint density at radius 2 is 1.61 bits per heavy atom. The third kappa shape index (κ3) is 4.77. The van der Waals surface area contributed by atoms with E-state index in [1.807, 2.05) is 6.08 Å². The van der Waals surface area contributed by atoms with Gasteiger partial charge in [-0.2, -0.15) is 5.01 Å². The Morgan fingerprint density at radius 1 is 0.882 bits per heavy atom. The molecule has 4 aliphatic rings. The van der Waals surface area contributed by atoms with Crippen LogP contribution in [0.2, 0.25) is 5.02 Å². The smallest absolute Gasteiger partial charge is 0.271 e. The van der Waals surface area contributed by atoms with Crippen molar-refractivity contribution < 1.29 is 33.6 Å². The molecule has 2 N–H and O–H groups in total. The van der Waals surface area contributed by atoms with Crippen LogP contribution in [0.3, 0.4) is 0 Å². The summed E-state index contributed by atoms with van der Waals surface area (Å²) in [6.07, 6.45) is 1.96. The summed E-state index contributed by atoms with van der Waals surface area (Å²) >= 11 is 6.31. The molecule has 2 heterocycles. The highest BCUT2D eigenvalue weighted by Gasteiger charge is 2.70. The number of amides is 4.